The number of benzene rings is 2. The number of non-ortho nitro benzene ring substituents is 1. The quantitative estimate of drug-likeness (QED) is 0.480. The number of halogens is 1. The Morgan fingerprint density at radius 2 is 1.90 bits per heavy atom. The van der Waals surface area contributed by atoms with E-state index in [9.17, 15) is 14.9 Å². The molecule has 0 aromatic heterocycles. The van der Waals surface area contributed by atoms with Crippen LogP contribution >= 0.6 is 11.6 Å². The first-order valence-electron chi connectivity index (χ1n) is 5.73. The van der Waals surface area contributed by atoms with Crippen LogP contribution in [-0.2, 0) is 0 Å². The summed E-state index contributed by atoms with van der Waals surface area (Å²) in [5, 5.41) is 10.7. The van der Waals surface area contributed by atoms with Crippen molar-refractivity contribution < 1.29 is 14.5 Å². The number of nitrogens with zero attached hydrogens (tertiary/aromatic N) is 1. The molecular formula is C14H10ClNO4. The lowest BCUT2D eigenvalue weighted by Crippen LogP contribution is -2.11. The molecule has 2 rings (SSSR count). The highest BCUT2D eigenvalue weighted by molar-refractivity contribution is 6.32. The molecule has 0 radical (unpaired) electrons. The van der Waals surface area contributed by atoms with E-state index in [2.05, 4.69) is 0 Å². The van der Waals surface area contributed by atoms with Crippen LogP contribution < -0.4 is 4.74 Å². The molecule has 5 nitrogen and oxygen atoms in total. The van der Waals surface area contributed by atoms with Crippen molar-refractivity contribution in [3.63, 3.8) is 0 Å². The van der Waals surface area contributed by atoms with E-state index in [0.29, 0.717) is 5.56 Å². The Hall–Kier alpha value is -2.40. The maximum atomic E-state index is 11.8. The molecular weight excluding hydrogens is 282 g/mol. The SMILES string of the molecule is O=C(COc1ccc([N+](=O)[O-])cc1Cl)c1ccccc1. The number of ketones is 1. The van der Waals surface area contributed by atoms with E-state index in [0.717, 1.165) is 0 Å². The van der Waals surface area contributed by atoms with Gasteiger partial charge in [-0.15, -0.1) is 0 Å². The number of hydrogen-bond acceptors (Lipinski definition) is 4. The molecule has 2 aromatic rings. The molecule has 0 saturated carbocycles. The van der Waals surface area contributed by atoms with Crippen LogP contribution in [0.4, 0.5) is 5.69 Å². The summed E-state index contributed by atoms with van der Waals surface area (Å²) in [6.07, 6.45) is 0. The summed E-state index contributed by atoms with van der Waals surface area (Å²) in [6, 6.07) is 12.5. The summed E-state index contributed by atoms with van der Waals surface area (Å²) in [6.45, 7) is -0.179. The highest BCUT2D eigenvalue weighted by Gasteiger charge is 2.12. The van der Waals surface area contributed by atoms with Crippen LogP contribution in [-0.4, -0.2) is 17.3 Å². The van der Waals surface area contributed by atoms with Crippen LogP contribution in [0.15, 0.2) is 48.5 Å². The zero-order chi connectivity index (χ0) is 14.5. The lowest BCUT2D eigenvalue weighted by atomic mass is 10.1. The lowest BCUT2D eigenvalue weighted by Gasteiger charge is -2.07. The van der Waals surface area contributed by atoms with Crippen LogP contribution in [0.2, 0.25) is 5.02 Å². The van der Waals surface area contributed by atoms with Crippen LogP contribution in [0.5, 0.6) is 5.75 Å². The van der Waals surface area contributed by atoms with Gasteiger partial charge in [-0.3, -0.25) is 14.9 Å². The summed E-state index contributed by atoms with van der Waals surface area (Å²) < 4.78 is 5.28. The van der Waals surface area contributed by atoms with Crippen molar-refractivity contribution in [1.29, 1.82) is 0 Å². The van der Waals surface area contributed by atoms with Gasteiger partial charge >= 0.3 is 0 Å². The third-order valence-corrected chi connectivity index (χ3v) is 2.88. The average Bonchev–Trinajstić information content (AvgIpc) is 2.46. The Kier molecular flexibility index (Phi) is 4.32. The monoisotopic (exact) mass is 291 g/mol. The first-order chi connectivity index (χ1) is 9.58. The molecule has 20 heavy (non-hydrogen) atoms. The zero-order valence-corrected chi connectivity index (χ0v) is 11.0. The van der Waals surface area contributed by atoms with Crippen molar-refractivity contribution in [2.75, 3.05) is 6.61 Å². The Bertz CT molecular complexity index is 643. The van der Waals surface area contributed by atoms with Crippen LogP contribution in [0, 0.1) is 10.1 Å². The fourth-order valence-electron chi connectivity index (χ4n) is 1.57. The normalized spacial score (nSPS) is 10.1. The predicted octanol–water partition coefficient (Wildman–Crippen LogP) is 3.51. The minimum atomic E-state index is -0.551. The fraction of sp³-hybridized carbons (Fsp3) is 0.0714. The van der Waals surface area contributed by atoms with Crippen molar-refractivity contribution >= 4 is 23.1 Å². The number of Topliss-reactive ketones (excluding diaryl/α,β-unsaturated/α-hetero) is 1. The summed E-state index contributed by atoms with van der Waals surface area (Å²) in [5.74, 6) is 0.0431. The van der Waals surface area contributed by atoms with Gasteiger partial charge in [0.05, 0.1) is 9.95 Å². The number of nitro benzene ring substituents is 1. The van der Waals surface area contributed by atoms with Gasteiger partial charge in [-0.25, -0.2) is 0 Å². The van der Waals surface area contributed by atoms with Crippen molar-refractivity contribution in [2.24, 2.45) is 0 Å². The Balaban J connectivity index is 2.04. The van der Waals surface area contributed by atoms with E-state index >= 15 is 0 Å². The standard InChI is InChI=1S/C14H10ClNO4/c15-12-8-11(16(18)19)6-7-14(12)20-9-13(17)10-4-2-1-3-5-10/h1-8H,9H2. The molecule has 0 fully saturated rings. The highest BCUT2D eigenvalue weighted by atomic mass is 35.5. The number of nitro groups is 1. The first kappa shape index (κ1) is 14.0. The van der Waals surface area contributed by atoms with Crippen molar-refractivity contribution in [2.45, 2.75) is 0 Å². The van der Waals surface area contributed by atoms with Gasteiger partial charge in [0.25, 0.3) is 5.69 Å². The largest absolute Gasteiger partial charge is 0.484 e. The molecule has 0 N–H and O–H groups in total. The van der Waals surface area contributed by atoms with E-state index in [1.54, 1.807) is 24.3 Å². The van der Waals surface area contributed by atoms with Gasteiger partial charge in [-0.1, -0.05) is 41.9 Å². The van der Waals surface area contributed by atoms with Crippen LogP contribution in [0.25, 0.3) is 0 Å². The van der Waals surface area contributed by atoms with Gasteiger partial charge in [-0.05, 0) is 6.07 Å². The summed E-state index contributed by atoms with van der Waals surface area (Å²) in [5.41, 5.74) is 0.405. The van der Waals surface area contributed by atoms with Crippen LogP contribution in [0.3, 0.4) is 0 Å². The van der Waals surface area contributed by atoms with E-state index < -0.39 is 4.92 Å². The number of carbonyl (C=O) groups excluding carboxylic acids is 1. The molecule has 102 valence electrons. The minimum absolute atomic E-state index is 0.0973. The average molecular weight is 292 g/mol. The molecule has 0 bridgehead atoms. The number of hydrogen-bond donors (Lipinski definition) is 0. The Morgan fingerprint density at radius 1 is 1.20 bits per heavy atom. The molecule has 0 amide bonds. The van der Waals surface area contributed by atoms with Gasteiger partial charge in [0, 0.05) is 17.7 Å². The van der Waals surface area contributed by atoms with Crippen molar-refractivity contribution in [1.82, 2.24) is 0 Å². The predicted molar refractivity (Wildman–Crippen MR) is 74.4 cm³/mol. The number of rotatable bonds is 5. The van der Waals surface area contributed by atoms with Gasteiger partial charge in [-0.2, -0.15) is 0 Å². The van der Waals surface area contributed by atoms with Gasteiger partial charge in [0.2, 0.25) is 0 Å². The third-order valence-electron chi connectivity index (χ3n) is 2.58. The molecule has 0 atom stereocenters. The van der Waals surface area contributed by atoms with Gasteiger partial charge in [0.1, 0.15) is 5.75 Å². The molecule has 0 aliphatic rings. The second-order valence-corrected chi connectivity index (χ2v) is 4.36. The Labute approximate surface area is 119 Å². The second-order valence-electron chi connectivity index (χ2n) is 3.95. The lowest BCUT2D eigenvalue weighted by molar-refractivity contribution is -0.384. The number of ether oxygens (including phenoxy) is 1. The minimum Gasteiger partial charge on any atom is -0.484 e. The smallest absolute Gasteiger partial charge is 0.271 e. The van der Waals surface area contributed by atoms with E-state index in [4.69, 9.17) is 16.3 Å². The molecule has 0 aliphatic carbocycles. The van der Waals surface area contributed by atoms with Crippen LogP contribution in [0.1, 0.15) is 10.4 Å². The molecule has 0 aliphatic heterocycles. The molecule has 0 heterocycles. The highest BCUT2D eigenvalue weighted by Crippen LogP contribution is 2.28. The van der Waals surface area contributed by atoms with E-state index in [1.165, 1.54) is 18.2 Å². The second kappa shape index (κ2) is 6.16. The van der Waals surface area contributed by atoms with E-state index in [1.807, 2.05) is 6.07 Å². The topological polar surface area (TPSA) is 69.4 Å². The summed E-state index contributed by atoms with van der Waals surface area (Å²) >= 11 is 5.86. The van der Waals surface area contributed by atoms with Gasteiger partial charge in [0.15, 0.2) is 12.4 Å². The van der Waals surface area contributed by atoms with Gasteiger partial charge < -0.3 is 4.74 Å². The molecule has 0 unspecified atom stereocenters. The summed E-state index contributed by atoms with van der Waals surface area (Å²) in [7, 11) is 0. The van der Waals surface area contributed by atoms with Crippen molar-refractivity contribution in [3.8, 4) is 5.75 Å². The maximum Gasteiger partial charge on any atom is 0.271 e. The maximum absolute atomic E-state index is 11.8. The summed E-state index contributed by atoms with van der Waals surface area (Å²) in [4.78, 5) is 21.8. The fourth-order valence-corrected chi connectivity index (χ4v) is 1.80. The first-order valence-corrected chi connectivity index (χ1v) is 6.10. The molecule has 6 heteroatoms. The third kappa shape index (κ3) is 3.33. The van der Waals surface area contributed by atoms with Crippen molar-refractivity contribution in [3.05, 3.63) is 69.2 Å². The zero-order valence-electron chi connectivity index (χ0n) is 10.3. The van der Waals surface area contributed by atoms with E-state index in [-0.39, 0.29) is 28.8 Å². The number of carbonyl (C=O) groups is 1. The Morgan fingerprint density at radius 3 is 2.50 bits per heavy atom. The molecule has 0 spiro atoms. The molecule has 0 saturated heterocycles. The molecule has 2 aromatic carbocycles.